The van der Waals surface area contributed by atoms with Crippen LogP contribution in [0.25, 0.3) is 5.69 Å². The minimum atomic E-state index is 0.0303. The molecule has 0 bridgehead atoms. The van der Waals surface area contributed by atoms with Gasteiger partial charge in [0.2, 0.25) is 0 Å². The minimum Gasteiger partial charge on any atom is -0.384 e. The number of nitrogens with zero attached hydrogens (tertiary/aromatic N) is 2. The van der Waals surface area contributed by atoms with Gasteiger partial charge in [0.25, 0.3) is 0 Å². The van der Waals surface area contributed by atoms with Gasteiger partial charge in [0.15, 0.2) is 0 Å². The number of aromatic nitrogens is 2. The van der Waals surface area contributed by atoms with Gasteiger partial charge in [-0.1, -0.05) is 6.07 Å². The molecule has 0 aliphatic heterocycles. The van der Waals surface area contributed by atoms with Crippen LogP contribution in [-0.4, -0.2) is 15.6 Å². The highest BCUT2D eigenvalue weighted by Crippen LogP contribution is 2.25. The molecule has 1 aromatic heterocycles. The molecule has 0 amide bonds. The van der Waals surface area contributed by atoms with Gasteiger partial charge in [-0.25, -0.2) is 4.68 Å². The van der Waals surface area contributed by atoms with Crippen LogP contribution in [0.1, 0.15) is 22.5 Å². The summed E-state index contributed by atoms with van der Waals surface area (Å²) in [5.41, 5.74) is 10.4. The Balaban J connectivity index is 2.75. The predicted octanol–water partition coefficient (Wildman–Crippen LogP) is 2.84. The summed E-state index contributed by atoms with van der Waals surface area (Å²) in [6.45, 7) is 6.03. The lowest BCUT2D eigenvalue weighted by molar-refractivity contribution is 0.830. The second-order valence-corrected chi connectivity index (χ2v) is 5.11. The van der Waals surface area contributed by atoms with E-state index in [1.165, 1.54) is 0 Å². The molecule has 2 rings (SSSR count). The number of hydrogen-bond donors (Lipinski definition) is 2. The van der Waals surface area contributed by atoms with Crippen molar-refractivity contribution in [2.75, 3.05) is 0 Å². The largest absolute Gasteiger partial charge is 0.384 e. The molecule has 0 saturated carbocycles. The van der Waals surface area contributed by atoms with Gasteiger partial charge in [-0.2, -0.15) is 5.10 Å². The number of halogens is 1. The van der Waals surface area contributed by atoms with Crippen LogP contribution in [0.15, 0.2) is 22.7 Å². The zero-order valence-corrected chi connectivity index (χ0v) is 12.2. The Morgan fingerprint density at radius 2 is 2.00 bits per heavy atom. The summed E-state index contributed by atoms with van der Waals surface area (Å²) in [5, 5.41) is 12.2. The molecule has 1 aromatic carbocycles. The number of aryl methyl sites for hydroxylation is 1. The molecule has 0 unspecified atom stereocenters. The van der Waals surface area contributed by atoms with E-state index >= 15 is 0 Å². The molecular weight excluding hydrogens is 292 g/mol. The quantitative estimate of drug-likeness (QED) is 0.662. The summed E-state index contributed by atoms with van der Waals surface area (Å²) >= 11 is 3.43. The van der Waals surface area contributed by atoms with Gasteiger partial charge in [-0.15, -0.1) is 0 Å². The van der Waals surface area contributed by atoms with Crippen LogP contribution in [0.3, 0.4) is 0 Å². The van der Waals surface area contributed by atoms with Crippen molar-refractivity contribution >= 4 is 21.8 Å². The summed E-state index contributed by atoms with van der Waals surface area (Å²) in [6.07, 6.45) is 0. The molecule has 1 heterocycles. The Bertz CT molecular complexity index is 628. The first-order chi connectivity index (χ1) is 8.43. The molecule has 0 spiro atoms. The lowest BCUT2D eigenvalue weighted by Gasteiger charge is -2.12. The maximum atomic E-state index is 7.70. The highest BCUT2D eigenvalue weighted by Gasteiger charge is 2.15. The second kappa shape index (κ2) is 4.57. The molecular formula is C13H15BrN4. The van der Waals surface area contributed by atoms with Crippen LogP contribution in [-0.2, 0) is 0 Å². The highest BCUT2D eigenvalue weighted by molar-refractivity contribution is 9.10. The number of amidine groups is 1. The first-order valence-electron chi connectivity index (χ1n) is 5.59. The number of nitrogen functional groups attached to an aromatic ring is 1. The first-order valence-corrected chi connectivity index (χ1v) is 6.39. The topological polar surface area (TPSA) is 67.7 Å². The third-order valence-corrected chi connectivity index (χ3v) is 3.80. The molecule has 2 aromatic rings. The van der Waals surface area contributed by atoms with Crippen LogP contribution in [0.2, 0.25) is 0 Å². The fraction of sp³-hybridized carbons (Fsp3) is 0.231. The zero-order chi connectivity index (χ0) is 13.4. The summed E-state index contributed by atoms with van der Waals surface area (Å²) in [5.74, 6) is 0.0303. The van der Waals surface area contributed by atoms with Crippen molar-refractivity contribution in [2.45, 2.75) is 20.8 Å². The average Bonchev–Trinajstić information content (AvgIpc) is 2.56. The van der Waals surface area contributed by atoms with Gasteiger partial charge >= 0.3 is 0 Å². The maximum Gasteiger partial charge on any atom is 0.126 e. The van der Waals surface area contributed by atoms with E-state index in [2.05, 4.69) is 21.0 Å². The third-order valence-electron chi connectivity index (χ3n) is 3.14. The Morgan fingerprint density at radius 1 is 1.33 bits per heavy atom. The van der Waals surface area contributed by atoms with E-state index in [9.17, 15) is 0 Å². The molecule has 0 saturated heterocycles. The van der Waals surface area contributed by atoms with Gasteiger partial charge in [0, 0.05) is 10.2 Å². The summed E-state index contributed by atoms with van der Waals surface area (Å²) in [4.78, 5) is 0. The summed E-state index contributed by atoms with van der Waals surface area (Å²) in [6, 6.07) is 5.71. The number of benzene rings is 1. The van der Waals surface area contributed by atoms with Crippen LogP contribution in [0.4, 0.5) is 0 Å². The fourth-order valence-corrected chi connectivity index (χ4v) is 2.48. The Kier molecular flexibility index (Phi) is 3.26. The molecule has 3 N–H and O–H groups in total. The lowest BCUT2D eigenvalue weighted by atomic mass is 10.1. The molecule has 0 atom stereocenters. The second-order valence-electron chi connectivity index (χ2n) is 4.26. The van der Waals surface area contributed by atoms with E-state index in [4.69, 9.17) is 11.1 Å². The smallest absolute Gasteiger partial charge is 0.126 e. The van der Waals surface area contributed by atoms with Crippen LogP contribution < -0.4 is 5.73 Å². The first kappa shape index (κ1) is 12.8. The number of nitrogens with two attached hydrogens (primary N) is 1. The van der Waals surface area contributed by atoms with Gasteiger partial charge in [-0.05, 0) is 54.4 Å². The van der Waals surface area contributed by atoms with E-state index in [1.807, 2.05) is 43.7 Å². The molecule has 0 aliphatic carbocycles. The Labute approximate surface area is 114 Å². The molecule has 5 heteroatoms. The maximum absolute atomic E-state index is 7.70. The molecule has 0 radical (unpaired) electrons. The lowest BCUT2D eigenvalue weighted by Crippen LogP contribution is -2.16. The zero-order valence-electron chi connectivity index (χ0n) is 10.6. The number of nitrogens with one attached hydrogen (secondary N) is 1. The predicted molar refractivity (Wildman–Crippen MR) is 76.5 cm³/mol. The van der Waals surface area contributed by atoms with E-state index in [0.717, 1.165) is 27.1 Å². The number of hydrogen-bond acceptors (Lipinski definition) is 2. The van der Waals surface area contributed by atoms with E-state index in [-0.39, 0.29) is 5.84 Å². The van der Waals surface area contributed by atoms with Crippen molar-refractivity contribution in [3.05, 3.63) is 45.2 Å². The van der Waals surface area contributed by atoms with Crippen molar-refractivity contribution in [1.29, 1.82) is 5.41 Å². The standard InChI is InChI=1S/C13H15BrN4/c1-7-8(2)17-18(9(7)3)11-6-4-5-10(14)12(11)13(15)16/h4-6H,1-3H3,(H3,15,16). The van der Waals surface area contributed by atoms with Crippen LogP contribution in [0, 0.1) is 26.2 Å². The minimum absolute atomic E-state index is 0.0303. The van der Waals surface area contributed by atoms with Gasteiger partial charge < -0.3 is 5.73 Å². The van der Waals surface area contributed by atoms with Crippen molar-refractivity contribution in [1.82, 2.24) is 9.78 Å². The van der Waals surface area contributed by atoms with Crippen molar-refractivity contribution in [2.24, 2.45) is 5.73 Å². The fourth-order valence-electron chi connectivity index (χ4n) is 1.91. The van der Waals surface area contributed by atoms with Crippen molar-refractivity contribution in [3.63, 3.8) is 0 Å². The summed E-state index contributed by atoms with van der Waals surface area (Å²) < 4.78 is 2.64. The molecule has 94 valence electrons. The van der Waals surface area contributed by atoms with Gasteiger partial charge in [0.1, 0.15) is 5.84 Å². The van der Waals surface area contributed by atoms with Gasteiger partial charge in [-0.3, -0.25) is 5.41 Å². The normalized spacial score (nSPS) is 10.7. The third kappa shape index (κ3) is 1.95. The average molecular weight is 307 g/mol. The SMILES string of the molecule is Cc1nn(-c2cccc(Br)c2C(=N)N)c(C)c1C. The van der Waals surface area contributed by atoms with Crippen molar-refractivity contribution in [3.8, 4) is 5.69 Å². The molecule has 4 nitrogen and oxygen atoms in total. The monoisotopic (exact) mass is 306 g/mol. The van der Waals surface area contributed by atoms with Crippen LogP contribution >= 0.6 is 15.9 Å². The molecule has 0 aliphatic rings. The highest BCUT2D eigenvalue weighted by atomic mass is 79.9. The van der Waals surface area contributed by atoms with Crippen LogP contribution in [0.5, 0.6) is 0 Å². The molecule has 0 fully saturated rings. The van der Waals surface area contributed by atoms with Crippen molar-refractivity contribution < 1.29 is 0 Å². The summed E-state index contributed by atoms with van der Waals surface area (Å²) in [7, 11) is 0. The Hall–Kier alpha value is -1.62. The molecule has 18 heavy (non-hydrogen) atoms. The van der Waals surface area contributed by atoms with E-state index in [0.29, 0.717) is 5.56 Å². The number of rotatable bonds is 2. The Morgan fingerprint density at radius 3 is 2.50 bits per heavy atom. The van der Waals surface area contributed by atoms with Gasteiger partial charge in [0.05, 0.1) is 16.9 Å². The van der Waals surface area contributed by atoms with E-state index < -0.39 is 0 Å². The van der Waals surface area contributed by atoms with E-state index in [1.54, 1.807) is 0 Å².